The van der Waals surface area contributed by atoms with E-state index >= 15 is 0 Å². The molecule has 0 radical (unpaired) electrons. The second-order valence-electron chi connectivity index (χ2n) is 7.09. The van der Waals surface area contributed by atoms with Crippen molar-refractivity contribution in [3.05, 3.63) is 98.6 Å². The Morgan fingerprint density at radius 3 is 2.61 bits per heavy atom. The third-order valence-corrected chi connectivity index (χ3v) is 5.63. The Balaban J connectivity index is 1.49. The minimum absolute atomic E-state index is 0.131. The fourth-order valence-electron chi connectivity index (χ4n) is 3.23. The van der Waals surface area contributed by atoms with Gasteiger partial charge in [-0.2, -0.15) is 0 Å². The molecule has 0 spiro atoms. The fraction of sp³-hybridized carbons (Fsp3) is 0.0417. The summed E-state index contributed by atoms with van der Waals surface area (Å²) in [6.07, 6.45) is 1.57. The first kappa shape index (κ1) is 22.6. The highest BCUT2D eigenvalue weighted by atomic mass is 79.9. The number of halogens is 2. The molecule has 0 saturated carbocycles. The number of hydrogen-bond acceptors (Lipinski definition) is 4. The second-order valence-corrected chi connectivity index (χ2v) is 8.38. The number of carbonyl (C=O) groups excluding carboxylic acids is 2. The smallest absolute Gasteiger partial charge is 0.335 e. The molecule has 4 rings (SSSR count). The van der Waals surface area contributed by atoms with Crippen molar-refractivity contribution in [2.75, 3.05) is 4.90 Å². The van der Waals surface area contributed by atoms with E-state index in [4.69, 9.17) is 21.4 Å². The van der Waals surface area contributed by atoms with Crippen LogP contribution < -0.4 is 15.0 Å². The maximum absolute atomic E-state index is 12.8. The fourth-order valence-corrected chi connectivity index (χ4v) is 3.93. The summed E-state index contributed by atoms with van der Waals surface area (Å²) in [5.74, 6) is -0.949. The number of hydrogen-bond donors (Lipinski definition) is 2. The van der Waals surface area contributed by atoms with Gasteiger partial charge >= 0.3 is 12.0 Å². The molecule has 3 aromatic carbocycles. The molecule has 1 aliphatic heterocycles. The molecule has 0 aromatic heterocycles. The largest absolute Gasteiger partial charge is 0.488 e. The van der Waals surface area contributed by atoms with E-state index in [2.05, 4.69) is 21.2 Å². The Kier molecular flexibility index (Phi) is 6.48. The zero-order valence-corrected chi connectivity index (χ0v) is 19.3. The van der Waals surface area contributed by atoms with E-state index in [0.29, 0.717) is 32.1 Å². The molecule has 1 fully saturated rings. The van der Waals surface area contributed by atoms with E-state index in [-0.39, 0.29) is 17.9 Å². The number of ether oxygens (including phenoxy) is 1. The van der Waals surface area contributed by atoms with Crippen LogP contribution in [0.1, 0.15) is 21.5 Å². The van der Waals surface area contributed by atoms with Crippen LogP contribution in [-0.4, -0.2) is 23.0 Å². The molecule has 33 heavy (non-hydrogen) atoms. The van der Waals surface area contributed by atoms with Crippen LogP contribution in [0.4, 0.5) is 10.5 Å². The van der Waals surface area contributed by atoms with Gasteiger partial charge in [0.1, 0.15) is 18.1 Å². The van der Waals surface area contributed by atoms with Crippen LogP contribution in [0, 0.1) is 0 Å². The summed E-state index contributed by atoms with van der Waals surface area (Å²) < 4.78 is 6.42. The number of carboxylic acid groups (broad SMARTS) is 1. The molecule has 1 saturated heterocycles. The Bertz CT molecular complexity index is 1310. The lowest BCUT2D eigenvalue weighted by atomic mass is 10.1. The topological polar surface area (TPSA) is 95.9 Å². The zero-order valence-electron chi connectivity index (χ0n) is 16.9. The lowest BCUT2D eigenvalue weighted by molar-refractivity contribution is -0.113. The molecule has 7 nitrogen and oxygen atoms in total. The number of nitrogens with zero attached hydrogens (tertiary/aromatic N) is 1. The van der Waals surface area contributed by atoms with Crippen molar-refractivity contribution in [3.63, 3.8) is 0 Å². The molecule has 3 amide bonds. The Labute approximate surface area is 202 Å². The minimum atomic E-state index is -1.00. The monoisotopic (exact) mass is 526 g/mol. The van der Waals surface area contributed by atoms with Crippen molar-refractivity contribution in [2.45, 2.75) is 6.61 Å². The molecule has 0 atom stereocenters. The SMILES string of the molecule is O=C(O)c1cccc(COc2ccc(/C=C3/NC(=O)N(c4cccc(Cl)c4)C3=O)cc2Br)c1. The summed E-state index contributed by atoms with van der Waals surface area (Å²) in [7, 11) is 0. The number of carbonyl (C=O) groups is 3. The van der Waals surface area contributed by atoms with Gasteiger partial charge in [-0.25, -0.2) is 14.5 Å². The van der Waals surface area contributed by atoms with E-state index < -0.39 is 17.9 Å². The van der Waals surface area contributed by atoms with E-state index in [1.54, 1.807) is 60.7 Å². The quantitative estimate of drug-likeness (QED) is 0.327. The highest BCUT2D eigenvalue weighted by Gasteiger charge is 2.34. The third-order valence-electron chi connectivity index (χ3n) is 4.78. The van der Waals surface area contributed by atoms with E-state index in [9.17, 15) is 14.4 Å². The van der Waals surface area contributed by atoms with Crippen LogP contribution in [0.2, 0.25) is 5.02 Å². The molecule has 166 valence electrons. The van der Waals surface area contributed by atoms with Gasteiger partial charge in [-0.15, -0.1) is 0 Å². The number of rotatable bonds is 6. The lowest BCUT2D eigenvalue weighted by Gasteiger charge is -2.11. The van der Waals surface area contributed by atoms with Crippen molar-refractivity contribution in [1.82, 2.24) is 5.32 Å². The average Bonchev–Trinajstić information content (AvgIpc) is 3.06. The summed E-state index contributed by atoms with van der Waals surface area (Å²) in [4.78, 5) is 37.3. The van der Waals surface area contributed by atoms with E-state index in [1.807, 2.05) is 0 Å². The van der Waals surface area contributed by atoms with Crippen molar-refractivity contribution in [3.8, 4) is 5.75 Å². The Hall–Kier alpha value is -3.62. The number of imide groups is 1. The first-order valence-electron chi connectivity index (χ1n) is 9.69. The van der Waals surface area contributed by atoms with Gasteiger partial charge in [0.05, 0.1) is 15.7 Å². The standard InChI is InChI=1S/C24H16BrClN2O5/c25-19-10-14(7-8-21(19)33-13-15-3-1-4-16(9-15)23(30)31)11-20-22(29)28(24(32)27-20)18-6-2-5-17(26)12-18/h1-12H,13H2,(H,27,32)(H,30,31)/b20-11+. The minimum Gasteiger partial charge on any atom is -0.488 e. The summed E-state index contributed by atoms with van der Waals surface area (Å²) in [6.45, 7) is 0.184. The number of benzene rings is 3. The van der Waals surface area contributed by atoms with Crippen LogP contribution >= 0.6 is 27.5 Å². The predicted molar refractivity (Wildman–Crippen MR) is 127 cm³/mol. The molecular weight excluding hydrogens is 512 g/mol. The number of aromatic carboxylic acids is 1. The molecule has 1 aliphatic rings. The number of anilines is 1. The predicted octanol–water partition coefficient (Wildman–Crippen LogP) is 5.48. The maximum atomic E-state index is 12.8. The van der Waals surface area contributed by atoms with Gasteiger partial charge < -0.3 is 15.2 Å². The van der Waals surface area contributed by atoms with Crippen LogP contribution in [0.5, 0.6) is 5.75 Å². The summed E-state index contributed by atoms with van der Waals surface area (Å²) in [5.41, 5.74) is 2.08. The summed E-state index contributed by atoms with van der Waals surface area (Å²) >= 11 is 9.42. The average molecular weight is 528 g/mol. The number of carboxylic acids is 1. The van der Waals surface area contributed by atoms with Gasteiger partial charge in [-0.05, 0) is 75.6 Å². The van der Waals surface area contributed by atoms with Crippen molar-refractivity contribution in [1.29, 1.82) is 0 Å². The van der Waals surface area contributed by atoms with Gasteiger partial charge in [0.25, 0.3) is 5.91 Å². The molecule has 0 bridgehead atoms. The number of amides is 3. The Morgan fingerprint density at radius 1 is 1.09 bits per heavy atom. The molecule has 0 unspecified atom stereocenters. The van der Waals surface area contributed by atoms with E-state index in [1.165, 1.54) is 12.1 Å². The third kappa shape index (κ3) is 5.08. The first-order valence-corrected chi connectivity index (χ1v) is 10.9. The van der Waals surface area contributed by atoms with Gasteiger partial charge in [0.15, 0.2) is 0 Å². The number of urea groups is 1. The molecule has 0 aliphatic carbocycles. The van der Waals surface area contributed by atoms with Crippen molar-refractivity contribution < 1.29 is 24.2 Å². The van der Waals surface area contributed by atoms with Crippen molar-refractivity contribution in [2.24, 2.45) is 0 Å². The van der Waals surface area contributed by atoms with Gasteiger partial charge in [0.2, 0.25) is 0 Å². The molecular formula is C24H16BrClN2O5. The zero-order chi connectivity index (χ0) is 23.5. The van der Waals surface area contributed by atoms with Gasteiger partial charge in [-0.1, -0.05) is 35.9 Å². The summed E-state index contributed by atoms with van der Waals surface area (Å²) in [6, 6.07) is 17.6. The van der Waals surface area contributed by atoms with Gasteiger partial charge in [-0.3, -0.25) is 4.79 Å². The van der Waals surface area contributed by atoms with Gasteiger partial charge in [0, 0.05) is 5.02 Å². The highest BCUT2D eigenvalue weighted by molar-refractivity contribution is 9.10. The van der Waals surface area contributed by atoms with Crippen LogP contribution in [-0.2, 0) is 11.4 Å². The molecule has 2 N–H and O–H groups in total. The molecule has 1 heterocycles. The normalized spacial score (nSPS) is 14.5. The molecule has 3 aromatic rings. The van der Waals surface area contributed by atoms with Crippen LogP contribution in [0.3, 0.4) is 0 Å². The number of nitrogens with one attached hydrogen (secondary N) is 1. The van der Waals surface area contributed by atoms with Crippen LogP contribution in [0.25, 0.3) is 6.08 Å². The first-order chi connectivity index (χ1) is 15.8. The maximum Gasteiger partial charge on any atom is 0.335 e. The summed E-state index contributed by atoms with van der Waals surface area (Å²) in [5, 5.41) is 12.1. The Morgan fingerprint density at radius 2 is 1.88 bits per heavy atom. The lowest BCUT2D eigenvalue weighted by Crippen LogP contribution is -2.30. The van der Waals surface area contributed by atoms with Crippen molar-refractivity contribution >= 4 is 57.2 Å². The van der Waals surface area contributed by atoms with Crippen LogP contribution in [0.15, 0.2) is 76.9 Å². The highest BCUT2D eigenvalue weighted by Crippen LogP contribution is 2.29. The van der Waals surface area contributed by atoms with E-state index in [0.717, 1.165) is 4.90 Å². The molecule has 9 heteroatoms. The second kappa shape index (κ2) is 9.48.